The van der Waals surface area contributed by atoms with E-state index in [1.165, 1.54) is 5.39 Å². The number of aromatic amines is 1. The van der Waals surface area contributed by atoms with E-state index in [1.807, 2.05) is 54.6 Å². The first kappa shape index (κ1) is 23.0. The highest BCUT2D eigenvalue weighted by Crippen LogP contribution is 2.45. The summed E-state index contributed by atoms with van der Waals surface area (Å²) in [7, 11) is 1.59. The average molecular weight is 490 g/mol. The summed E-state index contributed by atoms with van der Waals surface area (Å²) in [5, 5.41) is 6.20. The van der Waals surface area contributed by atoms with E-state index in [0.717, 1.165) is 38.7 Å². The summed E-state index contributed by atoms with van der Waals surface area (Å²) in [4.78, 5) is 31.8. The minimum atomic E-state index is -0.408. The highest BCUT2D eigenvalue weighted by Gasteiger charge is 2.40. The third kappa shape index (κ3) is 4.05. The van der Waals surface area contributed by atoms with E-state index >= 15 is 0 Å². The van der Waals surface area contributed by atoms with Gasteiger partial charge in [0.2, 0.25) is 5.91 Å². The van der Waals surface area contributed by atoms with E-state index in [4.69, 9.17) is 4.74 Å². The van der Waals surface area contributed by atoms with Gasteiger partial charge in [0.15, 0.2) is 0 Å². The van der Waals surface area contributed by atoms with Crippen LogP contribution in [0.25, 0.3) is 32.9 Å². The summed E-state index contributed by atoms with van der Waals surface area (Å²) in [5.74, 6) is -0.354. The lowest BCUT2D eigenvalue weighted by molar-refractivity contribution is -0.122. The fourth-order valence-electron chi connectivity index (χ4n) is 5.37. The third-order valence-corrected chi connectivity index (χ3v) is 7.06. The van der Waals surface area contributed by atoms with Crippen LogP contribution in [-0.2, 0) is 9.53 Å². The molecule has 0 radical (unpaired) electrons. The molecule has 6 heteroatoms. The highest BCUT2D eigenvalue weighted by molar-refractivity contribution is 6.04. The number of hydrogen-bond acceptors (Lipinski definition) is 3. The molecular formula is C31H27N3O3. The van der Waals surface area contributed by atoms with Gasteiger partial charge in [-0.25, -0.2) is 0 Å². The third-order valence-electron chi connectivity index (χ3n) is 7.06. The van der Waals surface area contributed by atoms with E-state index in [1.54, 1.807) is 12.0 Å². The lowest BCUT2D eigenvalue weighted by atomic mass is 9.92. The summed E-state index contributed by atoms with van der Waals surface area (Å²) in [6, 6.07) is 30.1. The maximum atomic E-state index is 13.6. The second kappa shape index (κ2) is 9.56. The van der Waals surface area contributed by atoms with Crippen molar-refractivity contribution in [1.82, 2.24) is 15.2 Å². The number of nitrogens with zero attached hydrogens (tertiary/aromatic N) is 1. The van der Waals surface area contributed by atoms with E-state index in [9.17, 15) is 9.59 Å². The zero-order valence-corrected chi connectivity index (χ0v) is 20.5. The van der Waals surface area contributed by atoms with Gasteiger partial charge in [0.25, 0.3) is 5.91 Å². The molecule has 1 aromatic heterocycles. The van der Waals surface area contributed by atoms with Gasteiger partial charge in [0.1, 0.15) is 6.54 Å². The van der Waals surface area contributed by atoms with Crippen molar-refractivity contribution in [1.29, 1.82) is 0 Å². The van der Waals surface area contributed by atoms with Crippen LogP contribution in [0.1, 0.15) is 27.5 Å². The van der Waals surface area contributed by atoms with Crippen LogP contribution in [0.4, 0.5) is 0 Å². The molecule has 6 nitrogen and oxygen atoms in total. The van der Waals surface area contributed by atoms with E-state index in [0.29, 0.717) is 18.7 Å². The molecule has 184 valence electrons. The van der Waals surface area contributed by atoms with Crippen LogP contribution in [0.2, 0.25) is 0 Å². The number of aromatic nitrogens is 1. The molecule has 1 atom stereocenters. The number of methoxy groups -OCH3 is 1. The van der Waals surface area contributed by atoms with Gasteiger partial charge in [-0.1, -0.05) is 72.8 Å². The second-order valence-corrected chi connectivity index (χ2v) is 9.29. The van der Waals surface area contributed by atoms with E-state index in [-0.39, 0.29) is 18.4 Å². The normalized spacial score (nSPS) is 14.9. The van der Waals surface area contributed by atoms with Crippen molar-refractivity contribution < 1.29 is 14.3 Å². The number of hydrogen-bond donors (Lipinski definition) is 2. The first-order valence-corrected chi connectivity index (χ1v) is 12.4. The summed E-state index contributed by atoms with van der Waals surface area (Å²) < 4.78 is 5.06. The molecule has 2 amide bonds. The number of para-hydroxylation sites is 1. The Kier molecular flexibility index (Phi) is 5.94. The monoisotopic (exact) mass is 489 g/mol. The molecule has 5 aromatic rings. The van der Waals surface area contributed by atoms with Crippen LogP contribution < -0.4 is 5.32 Å². The number of nitrogens with one attached hydrogen (secondary N) is 2. The molecule has 0 aliphatic carbocycles. The van der Waals surface area contributed by atoms with Crippen LogP contribution in [0.3, 0.4) is 0 Å². The Balaban J connectivity index is 1.52. The predicted octanol–water partition coefficient (Wildman–Crippen LogP) is 5.30. The van der Waals surface area contributed by atoms with Gasteiger partial charge < -0.3 is 19.9 Å². The van der Waals surface area contributed by atoms with Crippen LogP contribution in [0, 0.1) is 0 Å². The zero-order valence-electron chi connectivity index (χ0n) is 20.5. The van der Waals surface area contributed by atoms with Gasteiger partial charge in [-0.3, -0.25) is 9.59 Å². The summed E-state index contributed by atoms with van der Waals surface area (Å²) in [6.07, 6.45) is 0. The molecule has 2 N–H and O–H groups in total. The topological polar surface area (TPSA) is 74.4 Å². The molecule has 1 aliphatic heterocycles. The Morgan fingerprint density at radius 1 is 0.946 bits per heavy atom. The molecule has 0 saturated carbocycles. The van der Waals surface area contributed by atoms with Crippen LogP contribution in [0.15, 0.2) is 91.0 Å². The van der Waals surface area contributed by atoms with Crippen molar-refractivity contribution in [2.75, 3.05) is 26.8 Å². The summed E-state index contributed by atoms with van der Waals surface area (Å²) >= 11 is 0. The summed E-state index contributed by atoms with van der Waals surface area (Å²) in [5.41, 5.74) is 5.50. The number of carbonyl (C=O) groups is 2. The molecule has 4 aromatic carbocycles. The maximum absolute atomic E-state index is 13.6. The van der Waals surface area contributed by atoms with Crippen molar-refractivity contribution >= 4 is 33.5 Å². The van der Waals surface area contributed by atoms with Gasteiger partial charge in [0, 0.05) is 35.7 Å². The molecule has 2 heterocycles. The summed E-state index contributed by atoms with van der Waals surface area (Å²) in [6.45, 7) is 0.765. The Labute approximate surface area is 214 Å². The first-order valence-electron chi connectivity index (χ1n) is 12.4. The van der Waals surface area contributed by atoms with Crippen molar-refractivity contribution in [3.63, 3.8) is 0 Å². The van der Waals surface area contributed by atoms with Gasteiger partial charge in [-0.2, -0.15) is 0 Å². The minimum absolute atomic E-state index is 0.0431. The first-order chi connectivity index (χ1) is 18.2. The fourth-order valence-corrected chi connectivity index (χ4v) is 5.37. The van der Waals surface area contributed by atoms with Crippen molar-refractivity contribution in [3.8, 4) is 11.3 Å². The highest BCUT2D eigenvalue weighted by atomic mass is 16.5. The minimum Gasteiger partial charge on any atom is -0.383 e. The number of carbonyl (C=O) groups excluding carboxylic acids is 2. The molecular weight excluding hydrogens is 462 g/mol. The van der Waals surface area contributed by atoms with Crippen LogP contribution >= 0.6 is 0 Å². The van der Waals surface area contributed by atoms with Gasteiger partial charge in [-0.15, -0.1) is 0 Å². The fraction of sp³-hybridized carbons (Fsp3) is 0.161. The molecule has 37 heavy (non-hydrogen) atoms. The molecule has 0 unspecified atom stereocenters. The number of ether oxygens (including phenoxy) is 1. The number of fused-ring (bicyclic) bond motifs is 3. The smallest absolute Gasteiger partial charge is 0.255 e. The average Bonchev–Trinajstić information content (AvgIpc) is 3.44. The molecule has 1 aliphatic rings. The zero-order chi connectivity index (χ0) is 25.4. The lowest BCUT2D eigenvalue weighted by Gasteiger charge is -2.26. The number of rotatable bonds is 7. The Hall–Kier alpha value is -4.42. The lowest BCUT2D eigenvalue weighted by Crippen LogP contribution is -2.40. The maximum Gasteiger partial charge on any atom is 0.255 e. The van der Waals surface area contributed by atoms with Gasteiger partial charge >= 0.3 is 0 Å². The number of benzene rings is 4. The van der Waals surface area contributed by atoms with Crippen LogP contribution in [-0.4, -0.2) is 48.5 Å². The Bertz CT molecular complexity index is 1640. The van der Waals surface area contributed by atoms with Crippen molar-refractivity contribution in [3.05, 3.63) is 108 Å². The van der Waals surface area contributed by atoms with Crippen molar-refractivity contribution in [2.24, 2.45) is 0 Å². The Morgan fingerprint density at radius 3 is 2.57 bits per heavy atom. The van der Waals surface area contributed by atoms with E-state index in [2.05, 4.69) is 46.7 Å². The quantitative estimate of drug-likeness (QED) is 0.305. The molecule has 0 saturated heterocycles. The van der Waals surface area contributed by atoms with Gasteiger partial charge in [-0.05, 0) is 40.1 Å². The number of H-pyrrole nitrogens is 1. The molecule has 6 rings (SSSR count). The largest absolute Gasteiger partial charge is 0.383 e. The second-order valence-electron chi connectivity index (χ2n) is 9.29. The molecule has 0 spiro atoms. The molecule has 0 bridgehead atoms. The standard InChI is InChI=1S/C31H27N3O3/c1-37-17-16-32-27(35)19-34-30(23-10-4-5-11-24(23)31(34)36)28-25-12-6-7-13-26(25)33-29(28)22-15-14-20-8-2-3-9-21(20)18-22/h2-15,18,30,33H,16-17,19H2,1H3,(H,32,35)/t30-/m1/s1. The van der Waals surface area contributed by atoms with E-state index < -0.39 is 6.04 Å². The van der Waals surface area contributed by atoms with Gasteiger partial charge in [0.05, 0.1) is 18.3 Å². The molecule has 0 fully saturated rings. The number of amides is 2. The SMILES string of the molecule is COCCNC(=O)CN1C(=O)c2ccccc2[C@@H]1c1c(-c2ccc3ccccc3c2)[nH]c2ccccc12. The predicted molar refractivity (Wildman–Crippen MR) is 145 cm³/mol. The Morgan fingerprint density at radius 2 is 1.70 bits per heavy atom. The van der Waals surface area contributed by atoms with Crippen molar-refractivity contribution in [2.45, 2.75) is 6.04 Å². The van der Waals surface area contributed by atoms with Crippen LogP contribution in [0.5, 0.6) is 0 Å².